The van der Waals surface area contributed by atoms with Crippen LogP contribution in [-0.4, -0.2) is 23.0 Å². The van der Waals surface area contributed by atoms with Crippen molar-refractivity contribution in [3.63, 3.8) is 0 Å². The van der Waals surface area contributed by atoms with E-state index in [0.29, 0.717) is 21.7 Å². The molecule has 3 N–H and O–H groups in total. The number of rotatable bonds is 9. The summed E-state index contributed by atoms with van der Waals surface area (Å²) in [5.74, 6) is -1.65. The van der Waals surface area contributed by atoms with Crippen molar-refractivity contribution in [2.24, 2.45) is 0 Å². The Morgan fingerprint density at radius 2 is 1.51 bits per heavy atom. The van der Waals surface area contributed by atoms with Crippen LogP contribution in [0.2, 0.25) is 0 Å². The monoisotopic (exact) mass is 667 g/mol. The van der Waals surface area contributed by atoms with Crippen LogP contribution in [0.25, 0.3) is 6.08 Å². The normalized spacial score (nSPS) is 12.3. The Morgan fingerprint density at radius 1 is 0.837 bits per heavy atom. The van der Waals surface area contributed by atoms with Crippen molar-refractivity contribution >= 4 is 62.9 Å². The smallest absolute Gasteiger partial charge is 0.325 e. The maximum atomic E-state index is 13.3. The highest BCUT2D eigenvalue weighted by atomic mass is 79.9. The average molecular weight is 669 g/mol. The second-order valence-corrected chi connectivity index (χ2v) is 11.5. The van der Waals surface area contributed by atoms with Crippen LogP contribution in [0.4, 0.5) is 24.5 Å². The summed E-state index contributed by atoms with van der Waals surface area (Å²) in [5, 5.41) is 7.04. The van der Waals surface area contributed by atoms with E-state index in [9.17, 15) is 27.6 Å². The molecule has 0 aliphatic carbocycles. The molecule has 0 aliphatic rings. The van der Waals surface area contributed by atoms with E-state index in [1.165, 1.54) is 18.2 Å². The minimum Gasteiger partial charge on any atom is -0.325 e. The first-order valence-electron chi connectivity index (χ1n) is 12.9. The molecule has 1 unspecified atom stereocenters. The SMILES string of the molecule is CC(Sc1cccc(NC(=O)/C(=C\c2ccc(Br)cc2)NC(=O)c2ccccc2)c1)C(=O)Nc1ccccc1C(F)(F)F. The van der Waals surface area contributed by atoms with Crippen LogP contribution in [-0.2, 0) is 15.8 Å². The highest BCUT2D eigenvalue weighted by molar-refractivity contribution is 9.10. The topological polar surface area (TPSA) is 87.3 Å². The van der Waals surface area contributed by atoms with Crippen molar-refractivity contribution in [1.29, 1.82) is 0 Å². The first-order valence-corrected chi connectivity index (χ1v) is 14.6. The van der Waals surface area contributed by atoms with Crippen LogP contribution in [0, 0.1) is 0 Å². The lowest BCUT2D eigenvalue weighted by molar-refractivity contribution is -0.137. The van der Waals surface area contributed by atoms with Gasteiger partial charge in [0.1, 0.15) is 5.70 Å². The molecule has 220 valence electrons. The Kier molecular flexibility index (Phi) is 10.4. The van der Waals surface area contributed by atoms with Crippen LogP contribution in [0.5, 0.6) is 0 Å². The lowest BCUT2D eigenvalue weighted by atomic mass is 10.1. The van der Waals surface area contributed by atoms with Gasteiger partial charge in [-0.05, 0) is 73.2 Å². The summed E-state index contributed by atoms with van der Waals surface area (Å²) in [6.07, 6.45) is -3.07. The predicted octanol–water partition coefficient (Wildman–Crippen LogP) is 8.00. The van der Waals surface area contributed by atoms with Gasteiger partial charge in [0, 0.05) is 20.6 Å². The van der Waals surface area contributed by atoms with Crippen molar-refractivity contribution in [2.45, 2.75) is 23.2 Å². The number of halogens is 4. The third kappa shape index (κ3) is 9.07. The third-order valence-electron chi connectivity index (χ3n) is 5.97. The van der Waals surface area contributed by atoms with Gasteiger partial charge in [-0.2, -0.15) is 13.2 Å². The fourth-order valence-electron chi connectivity index (χ4n) is 3.84. The maximum Gasteiger partial charge on any atom is 0.418 e. The summed E-state index contributed by atoms with van der Waals surface area (Å²) in [5.41, 5.74) is 0.192. The van der Waals surface area contributed by atoms with Crippen LogP contribution in [0.15, 0.2) is 118 Å². The molecule has 0 heterocycles. The summed E-state index contributed by atoms with van der Waals surface area (Å²) < 4.78 is 40.8. The van der Waals surface area contributed by atoms with E-state index in [-0.39, 0.29) is 11.4 Å². The summed E-state index contributed by atoms with van der Waals surface area (Å²) in [4.78, 5) is 39.5. The number of carbonyl (C=O) groups excluding carboxylic acids is 3. The van der Waals surface area contributed by atoms with Gasteiger partial charge in [0.2, 0.25) is 5.91 Å². The molecule has 4 aromatic rings. The molecule has 43 heavy (non-hydrogen) atoms. The van der Waals surface area contributed by atoms with E-state index in [1.54, 1.807) is 91.9 Å². The molecule has 1 atom stereocenters. The predicted molar refractivity (Wildman–Crippen MR) is 166 cm³/mol. The van der Waals surface area contributed by atoms with Gasteiger partial charge in [0.05, 0.1) is 16.5 Å². The third-order valence-corrected chi connectivity index (χ3v) is 7.60. The number of amides is 3. The lowest BCUT2D eigenvalue weighted by Crippen LogP contribution is -2.30. The van der Waals surface area contributed by atoms with Gasteiger partial charge in [-0.25, -0.2) is 0 Å². The summed E-state index contributed by atoms with van der Waals surface area (Å²) in [7, 11) is 0. The highest BCUT2D eigenvalue weighted by Crippen LogP contribution is 2.35. The van der Waals surface area contributed by atoms with E-state index in [1.807, 2.05) is 0 Å². The number of anilines is 2. The Bertz CT molecular complexity index is 1650. The summed E-state index contributed by atoms with van der Waals surface area (Å²) in [6, 6.07) is 27.1. The lowest BCUT2D eigenvalue weighted by Gasteiger charge is -2.16. The first kappa shape index (κ1) is 31.6. The molecule has 0 radical (unpaired) electrons. The average Bonchev–Trinajstić information content (AvgIpc) is 2.98. The Hall–Kier alpha value is -4.35. The number of hydrogen-bond acceptors (Lipinski definition) is 4. The van der Waals surface area contributed by atoms with E-state index >= 15 is 0 Å². The maximum absolute atomic E-state index is 13.3. The zero-order valence-corrected chi connectivity index (χ0v) is 25.0. The van der Waals surface area contributed by atoms with E-state index in [2.05, 4.69) is 31.9 Å². The number of nitrogens with one attached hydrogen (secondary N) is 3. The molecular weight excluding hydrogens is 643 g/mol. The molecule has 0 aromatic heterocycles. The van der Waals surface area contributed by atoms with E-state index in [0.717, 1.165) is 22.3 Å². The van der Waals surface area contributed by atoms with Crippen LogP contribution in [0.1, 0.15) is 28.4 Å². The number of benzene rings is 4. The van der Waals surface area contributed by atoms with E-state index in [4.69, 9.17) is 0 Å². The first-order chi connectivity index (χ1) is 20.5. The molecule has 0 bridgehead atoms. The summed E-state index contributed by atoms with van der Waals surface area (Å²) >= 11 is 4.49. The second-order valence-electron chi connectivity index (χ2n) is 9.20. The van der Waals surface area contributed by atoms with E-state index < -0.39 is 34.7 Å². The fraction of sp³-hybridized carbons (Fsp3) is 0.0938. The zero-order valence-electron chi connectivity index (χ0n) is 22.6. The van der Waals surface area contributed by atoms with Crippen LogP contribution in [0.3, 0.4) is 0 Å². The standard InChI is InChI=1S/C32H25BrF3N3O3S/c1-20(29(40)38-27-13-6-5-12-26(27)32(34,35)36)43-25-11-7-10-24(19-25)37-31(42)28(18-21-14-16-23(33)17-15-21)39-30(41)22-8-3-2-4-9-22/h2-20H,1H3,(H,37,42)(H,38,40)(H,39,41)/b28-18+. The number of hydrogen-bond donors (Lipinski definition) is 3. The fourth-order valence-corrected chi connectivity index (χ4v) is 5.04. The molecule has 0 saturated heterocycles. The van der Waals surface area contributed by atoms with Gasteiger partial charge in [0.15, 0.2) is 0 Å². The minimum absolute atomic E-state index is 0.00491. The van der Waals surface area contributed by atoms with Gasteiger partial charge in [-0.1, -0.05) is 64.5 Å². The second kappa shape index (κ2) is 14.2. The van der Waals surface area contributed by atoms with Gasteiger partial charge in [-0.15, -0.1) is 11.8 Å². The Morgan fingerprint density at radius 3 is 2.21 bits per heavy atom. The molecule has 0 fully saturated rings. The molecule has 4 rings (SSSR count). The Labute approximate surface area is 258 Å². The molecule has 3 amide bonds. The van der Waals surface area contributed by atoms with Crippen molar-refractivity contribution < 1.29 is 27.6 Å². The number of para-hydroxylation sites is 1. The van der Waals surface area contributed by atoms with Gasteiger partial charge >= 0.3 is 6.18 Å². The number of thioether (sulfide) groups is 1. The molecule has 0 spiro atoms. The van der Waals surface area contributed by atoms with Crippen molar-refractivity contribution in [2.75, 3.05) is 10.6 Å². The number of alkyl halides is 3. The molecule has 6 nitrogen and oxygen atoms in total. The summed E-state index contributed by atoms with van der Waals surface area (Å²) in [6.45, 7) is 1.57. The quantitative estimate of drug-likeness (QED) is 0.125. The highest BCUT2D eigenvalue weighted by Gasteiger charge is 2.34. The van der Waals surface area contributed by atoms with Crippen molar-refractivity contribution in [1.82, 2.24) is 5.32 Å². The molecule has 11 heteroatoms. The molecule has 4 aromatic carbocycles. The number of carbonyl (C=O) groups is 3. The Balaban J connectivity index is 1.48. The van der Waals surface area contributed by atoms with Crippen LogP contribution >= 0.6 is 27.7 Å². The molecule has 0 saturated carbocycles. The van der Waals surface area contributed by atoms with Gasteiger partial charge < -0.3 is 16.0 Å². The molecular formula is C32H25BrF3N3O3S. The van der Waals surface area contributed by atoms with Crippen LogP contribution < -0.4 is 16.0 Å². The molecule has 0 aliphatic heterocycles. The van der Waals surface area contributed by atoms with Crippen molar-refractivity contribution in [3.8, 4) is 0 Å². The van der Waals surface area contributed by atoms with Gasteiger partial charge in [0.25, 0.3) is 11.8 Å². The van der Waals surface area contributed by atoms with Crippen molar-refractivity contribution in [3.05, 3.63) is 130 Å². The minimum atomic E-state index is -4.61. The largest absolute Gasteiger partial charge is 0.418 e. The zero-order chi connectivity index (χ0) is 31.0. The van der Waals surface area contributed by atoms with Gasteiger partial charge in [-0.3, -0.25) is 14.4 Å².